The number of hydrogen-bond acceptors (Lipinski definition) is 4. The van der Waals surface area contributed by atoms with Gasteiger partial charge >= 0.3 is 0 Å². The van der Waals surface area contributed by atoms with E-state index in [2.05, 4.69) is 10.3 Å². The molecular formula is C20H23N3O2S. The maximum absolute atomic E-state index is 12.7. The third-order valence-corrected chi connectivity index (χ3v) is 6.11. The van der Waals surface area contributed by atoms with Crippen molar-refractivity contribution < 1.29 is 9.59 Å². The number of likely N-dealkylation sites (tertiary alicyclic amines) is 1. The summed E-state index contributed by atoms with van der Waals surface area (Å²) in [7, 11) is 0. The van der Waals surface area contributed by atoms with E-state index >= 15 is 0 Å². The highest BCUT2D eigenvalue weighted by atomic mass is 32.1. The number of anilines is 1. The van der Waals surface area contributed by atoms with Crippen molar-refractivity contribution >= 4 is 28.8 Å². The maximum Gasteiger partial charge on any atom is 0.229 e. The first-order valence-electron chi connectivity index (χ1n) is 9.23. The second-order valence-corrected chi connectivity index (χ2v) is 8.27. The molecule has 1 aromatic carbocycles. The molecule has 26 heavy (non-hydrogen) atoms. The molecule has 1 saturated heterocycles. The van der Waals surface area contributed by atoms with Gasteiger partial charge in [-0.2, -0.15) is 0 Å². The zero-order valence-electron chi connectivity index (χ0n) is 14.9. The van der Waals surface area contributed by atoms with Crippen LogP contribution in [0.25, 0.3) is 11.3 Å². The van der Waals surface area contributed by atoms with Gasteiger partial charge in [-0.1, -0.05) is 25.0 Å². The third-order valence-electron chi connectivity index (χ3n) is 5.34. The zero-order chi connectivity index (χ0) is 18.1. The van der Waals surface area contributed by atoms with Gasteiger partial charge in [-0.05, 0) is 31.9 Å². The van der Waals surface area contributed by atoms with E-state index in [1.807, 2.05) is 41.5 Å². The minimum Gasteiger partial charge on any atom is -0.339 e. The van der Waals surface area contributed by atoms with E-state index in [1.54, 1.807) is 11.3 Å². The van der Waals surface area contributed by atoms with Crippen molar-refractivity contribution in [2.24, 2.45) is 5.92 Å². The molecule has 2 aromatic rings. The molecule has 136 valence electrons. The third kappa shape index (κ3) is 3.51. The summed E-state index contributed by atoms with van der Waals surface area (Å²) in [6.07, 6.45) is 4.86. The second kappa shape index (κ2) is 7.19. The fourth-order valence-corrected chi connectivity index (χ4v) is 4.59. The molecular weight excluding hydrogens is 346 g/mol. The summed E-state index contributed by atoms with van der Waals surface area (Å²) in [6.45, 7) is 2.54. The van der Waals surface area contributed by atoms with Gasteiger partial charge in [0.05, 0.1) is 16.6 Å². The van der Waals surface area contributed by atoms with E-state index in [0.29, 0.717) is 19.0 Å². The fourth-order valence-electron chi connectivity index (χ4n) is 3.97. The van der Waals surface area contributed by atoms with Crippen LogP contribution >= 0.6 is 11.3 Å². The molecule has 2 aliphatic rings. The first-order chi connectivity index (χ1) is 12.6. The number of nitrogens with one attached hydrogen (secondary N) is 1. The molecule has 0 radical (unpaired) electrons. The van der Waals surface area contributed by atoms with E-state index in [4.69, 9.17) is 0 Å². The lowest BCUT2D eigenvalue weighted by molar-refractivity contribution is -0.129. The number of nitrogens with zero attached hydrogens (tertiary/aromatic N) is 2. The number of thiazole rings is 1. The van der Waals surface area contributed by atoms with Gasteiger partial charge in [0, 0.05) is 35.6 Å². The Morgan fingerprint density at radius 3 is 2.85 bits per heavy atom. The van der Waals surface area contributed by atoms with Gasteiger partial charge in [0.1, 0.15) is 0 Å². The highest BCUT2D eigenvalue weighted by Crippen LogP contribution is 2.30. The molecule has 1 saturated carbocycles. The van der Waals surface area contributed by atoms with Gasteiger partial charge in [0.25, 0.3) is 0 Å². The minimum atomic E-state index is -0.256. The summed E-state index contributed by atoms with van der Waals surface area (Å²) in [6, 6.07) is 8.08. The molecule has 2 amide bonds. The summed E-state index contributed by atoms with van der Waals surface area (Å²) >= 11 is 1.61. The van der Waals surface area contributed by atoms with Crippen LogP contribution in [0.15, 0.2) is 29.6 Å². The molecule has 0 spiro atoms. The van der Waals surface area contributed by atoms with Crippen molar-refractivity contribution in [2.75, 3.05) is 11.9 Å². The highest BCUT2D eigenvalue weighted by Gasteiger charge is 2.38. The molecule has 1 aliphatic heterocycles. The van der Waals surface area contributed by atoms with Crippen LogP contribution in [0.3, 0.4) is 0 Å². The number of aryl methyl sites for hydroxylation is 1. The van der Waals surface area contributed by atoms with Crippen LogP contribution < -0.4 is 5.32 Å². The Bertz CT molecular complexity index is 826. The van der Waals surface area contributed by atoms with Crippen LogP contribution in [-0.2, 0) is 9.59 Å². The Hall–Kier alpha value is -2.21. The molecule has 2 heterocycles. The summed E-state index contributed by atoms with van der Waals surface area (Å²) in [5.41, 5.74) is 2.67. The number of carbonyl (C=O) groups is 2. The van der Waals surface area contributed by atoms with Gasteiger partial charge in [-0.15, -0.1) is 11.3 Å². The first-order valence-corrected chi connectivity index (χ1v) is 10.1. The Morgan fingerprint density at radius 2 is 2.12 bits per heavy atom. The predicted octanol–water partition coefficient (Wildman–Crippen LogP) is 3.85. The monoisotopic (exact) mass is 369 g/mol. The van der Waals surface area contributed by atoms with E-state index < -0.39 is 0 Å². The quantitative estimate of drug-likeness (QED) is 0.890. The zero-order valence-corrected chi connectivity index (χ0v) is 15.7. The average Bonchev–Trinajstić information content (AvgIpc) is 3.35. The van der Waals surface area contributed by atoms with Gasteiger partial charge in [0.15, 0.2) is 0 Å². The SMILES string of the molecule is Cc1nc(-c2cccc(NC(=O)C3CC(=O)N(C4CCCC4)C3)c2)cs1. The predicted molar refractivity (Wildman–Crippen MR) is 103 cm³/mol. The van der Waals surface area contributed by atoms with Crippen molar-refractivity contribution in [1.29, 1.82) is 0 Å². The Labute approximate surface area is 157 Å². The molecule has 4 rings (SSSR count). The van der Waals surface area contributed by atoms with E-state index in [0.717, 1.165) is 34.8 Å². The highest BCUT2D eigenvalue weighted by molar-refractivity contribution is 7.09. The number of rotatable bonds is 4. The molecule has 6 heteroatoms. The standard InChI is InChI=1S/C20H23N3O2S/c1-13-21-18(12-26-13)14-5-4-6-16(9-14)22-20(25)15-10-19(24)23(11-15)17-7-2-3-8-17/h4-6,9,12,15,17H,2-3,7-8,10-11H2,1H3,(H,22,25). The minimum absolute atomic E-state index is 0.0644. The van der Waals surface area contributed by atoms with Crippen molar-refractivity contribution in [3.8, 4) is 11.3 Å². The molecule has 5 nitrogen and oxygen atoms in total. The lowest BCUT2D eigenvalue weighted by atomic mass is 10.1. The van der Waals surface area contributed by atoms with Gasteiger partial charge < -0.3 is 10.2 Å². The smallest absolute Gasteiger partial charge is 0.229 e. The molecule has 0 bridgehead atoms. The van der Waals surface area contributed by atoms with Gasteiger partial charge in [-0.25, -0.2) is 4.98 Å². The van der Waals surface area contributed by atoms with Crippen molar-refractivity contribution in [3.05, 3.63) is 34.7 Å². The lowest BCUT2D eigenvalue weighted by Gasteiger charge is -2.23. The first kappa shape index (κ1) is 17.2. The molecule has 1 aromatic heterocycles. The van der Waals surface area contributed by atoms with E-state index in [9.17, 15) is 9.59 Å². The fraction of sp³-hybridized carbons (Fsp3) is 0.450. The van der Waals surface area contributed by atoms with Gasteiger partial charge in [-0.3, -0.25) is 9.59 Å². The van der Waals surface area contributed by atoms with Crippen LogP contribution in [0.4, 0.5) is 5.69 Å². The molecule has 1 aliphatic carbocycles. The van der Waals surface area contributed by atoms with Crippen LogP contribution in [0.2, 0.25) is 0 Å². The van der Waals surface area contributed by atoms with Crippen LogP contribution in [0.5, 0.6) is 0 Å². The Morgan fingerprint density at radius 1 is 1.31 bits per heavy atom. The number of hydrogen-bond donors (Lipinski definition) is 1. The number of amides is 2. The topological polar surface area (TPSA) is 62.3 Å². The molecule has 1 N–H and O–H groups in total. The van der Waals surface area contributed by atoms with E-state index in [1.165, 1.54) is 12.8 Å². The van der Waals surface area contributed by atoms with Gasteiger partial charge in [0.2, 0.25) is 11.8 Å². The normalized spacial score (nSPS) is 20.7. The Kier molecular flexibility index (Phi) is 4.76. The van der Waals surface area contributed by atoms with Crippen LogP contribution in [0.1, 0.15) is 37.1 Å². The van der Waals surface area contributed by atoms with Crippen molar-refractivity contribution in [3.63, 3.8) is 0 Å². The average molecular weight is 369 g/mol. The largest absolute Gasteiger partial charge is 0.339 e. The van der Waals surface area contributed by atoms with Crippen LogP contribution in [-0.4, -0.2) is 34.3 Å². The van der Waals surface area contributed by atoms with Crippen molar-refractivity contribution in [1.82, 2.24) is 9.88 Å². The summed E-state index contributed by atoms with van der Waals surface area (Å²) < 4.78 is 0. The summed E-state index contributed by atoms with van der Waals surface area (Å²) in [5.74, 6) is -0.192. The Balaban J connectivity index is 1.43. The molecule has 2 fully saturated rings. The summed E-state index contributed by atoms with van der Waals surface area (Å²) in [4.78, 5) is 31.4. The number of aromatic nitrogens is 1. The maximum atomic E-state index is 12.7. The van der Waals surface area contributed by atoms with E-state index in [-0.39, 0.29) is 17.7 Å². The molecule has 1 unspecified atom stereocenters. The number of carbonyl (C=O) groups excluding carboxylic acids is 2. The van der Waals surface area contributed by atoms with Crippen LogP contribution in [0, 0.1) is 12.8 Å². The second-order valence-electron chi connectivity index (χ2n) is 7.21. The molecule has 1 atom stereocenters. The summed E-state index contributed by atoms with van der Waals surface area (Å²) in [5, 5.41) is 6.03. The van der Waals surface area contributed by atoms with Crippen molar-refractivity contribution in [2.45, 2.75) is 45.1 Å². The lowest BCUT2D eigenvalue weighted by Crippen LogP contribution is -2.35. The number of benzene rings is 1.